The van der Waals surface area contributed by atoms with Gasteiger partial charge in [-0.15, -0.1) is 16.8 Å². The molecule has 8 atom stereocenters. The lowest BCUT2D eigenvalue weighted by Gasteiger charge is -2.61. The predicted octanol–water partition coefficient (Wildman–Crippen LogP) is 5.38. The molecule has 0 radical (unpaired) electrons. The highest BCUT2D eigenvalue weighted by molar-refractivity contribution is 7.99. The number of benzene rings is 1. The summed E-state index contributed by atoms with van der Waals surface area (Å²) < 4.78 is 7.74. The van der Waals surface area contributed by atoms with Crippen LogP contribution in [0.25, 0.3) is 0 Å². The normalized spacial score (nSPS) is 35.1. The first-order valence-corrected chi connectivity index (χ1v) is 16.1. The molecule has 11 nitrogen and oxygen atoms in total. The summed E-state index contributed by atoms with van der Waals surface area (Å²) in [5.74, 6) is -0.186. The van der Waals surface area contributed by atoms with Crippen LogP contribution in [0.15, 0.2) is 47.2 Å². The van der Waals surface area contributed by atoms with Crippen LogP contribution in [-0.4, -0.2) is 60.8 Å². The smallest absolute Gasteiger partial charge is 0.316 e. The highest BCUT2D eigenvalue weighted by Crippen LogP contribution is 2.68. The van der Waals surface area contributed by atoms with Gasteiger partial charge in [0.25, 0.3) is 5.69 Å². The van der Waals surface area contributed by atoms with Crippen molar-refractivity contribution in [2.24, 2.45) is 39.1 Å². The van der Waals surface area contributed by atoms with E-state index in [9.17, 15) is 24.8 Å². The highest BCUT2D eigenvalue weighted by atomic mass is 32.2. The Morgan fingerprint density at radius 1 is 1.30 bits per heavy atom. The number of aryl methyl sites for hydroxylation is 1. The second-order valence-electron chi connectivity index (χ2n) is 13.3. The molecule has 0 saturated heterocycles. The lowest BCUT2D eigenvalue weighted by molar-refractivity contribution is -0.385. The van der Waals surface area contributed by atoms with Crippen LogP contribution in [0.3, 0.4) is 0 Å². The van der Waals surface area contributed by atoms with Gasteiger partial charge in [-0.2, -0.15) is 9.78 Å². The van der Waals surface area contributed by atoms with Crippen molar-refractivity contribution in [1.29, 1.82) is 0 Å². The zero-order valence-corrected chi connectivity index (χ0v) is 26.7. The lowest BCUT2D eigenvalue weighted by Crippen LogP contribution is -2.63. The van der Waals surface area contributed by atoms with Crippen molar-refractivity contribution >= 4 is 35.4 Å². The lowest BCUT2D eigenvalue weighted by atomic mass is 9.44. The first-order valence-electron chi connectivity index (χ1n) is 15.1. The average molecular weight is 624 g/mol. The fourth-order valence-corrected chi connectivity index (χ4v) is 8.98. The van der Waals surface area contributed by atoms with Gasteiger partial charge in [0.05, 0.1) is 28.6 Å². The Hall–Kier alpha value is -3.38. The number of nitrogens with zero attached hydrogens (tertiary/aromatic N) is 5. The summed E-state index contributed by atoms with van der Waals surface area (Å²) in [5.41, 5.74) is -1.43. The number of thioether (sulfide) groups is 1. The van der Waals surface area contributed by atoms with Gasteiger partial charge in [0, 0.05) is 29.2 Å². The molecule has 1 aromatic carbocycles. The maximum atomic E-state index is 13.6. The first-order chi connectivity index (χ1) is 20.8. The molecule has 5 rings (SSSR count). The number of Topliss-reactive ketones (excluding diaryl/α,β-unsaturated/α-hetero) is 1. The number of aromatic nitrogens is 3. The molecule has 1 aromatic heterocycles. The van der Waals surface area contributed by atoms with E-state index in [1.54, 1.807) is 31.2 Å². The monoisotopic (exact) mass is 623 g/mol. The molecule has 2 bridgehead atoms. The van der Waals surface area contributed by atoms with Gasteiger partial charge >= 0.3 is 5.97 Å². The van der Waals surface area contributed by atoms with Gasteiger partial charge in [-0.05, 0) is 55.9 Å². The van der Waals surface area contributed by atoms with Crippen molar-refractivity contribution in [3.05, 3.63) is 58.4 Å². The van der Waals surface area contributed by atoms with Gasteiger partial charge in [0.1, 0.15) is 11.9 Å². The van der Waals surface area contributed by atoms with E-state index in [1.807, 2.05) is 6.92 Å². The number of carbonyl (C=O) groups excluding carboxylic acids is 2. The number of nitro benzene ring substituents is 1. The number of para-hydroxylation sites is 1. The number of carbonyl (C=O) groups is 2. The minimum Gasteiger partial charge on any atom is -0.461 e. The summed E-state index contributed by atoms with van der Waals surface area (Å²) in [6.07, 6.45) is 5.13. The summed E-state index contributed by atoms with van der Waals surface area (Å²) in [7, 11) is 0. The van der Waals surface area contributed by atoms with Gasteiger partial charge < -0.3 is 9.84 Å². The second-order valence-corrected chi connectivity index (χ2v) is 14.2. The van der Waals surface area contributed by atoms with Crippen molar-refractivity contribution in [3.8, 4) is 0 Å². The first kappa shape index (κ1) is 32.0. The van der Waals surface area contributed by atoms with Crippen molar-refractivity contribution in [2.75, 3.05) is 5.75 Å². The summed E-state index contributed by atoms with van der Waals surface area (Å²) >= 11 is 1.10. The molecule has 3 aliphatic carbocycles. The third-order valence-corrected chi connectivity index (χ3v) is 12.0. The van der Waals surface area contributed by atoms with Crippen LogP contribution in [0.4, 0.5) is 5.69 Å². The van der Waals surface area contributed by atoms with E-state index in [1.165, 1.54) is 17.0 Å². The largest absolute Gasteiger partial charge is 0.461 e. The summed E-state index contributed by atoms with van der Waals surface area (Å²) in [6.45, 7) is 14.1. The van der Waals surface area contributed by atoms with Crippen molar-refractivity contribution in [1.82, 2.24) is 14.9 Å². The van der Waals surface area contributed by atoms with Gasteiger partial charge in [0.2, 0.25) is 5.16 Å². The third-order valence-electron chi connectivity index (χ3n) is 11.1. The van der Waals surface area contributed by atoms with Crippen molar-refractivity contribution in [2.45, 2.75) is 84.1 Å². The molecule has 236 valence electrons. The van der Waals surface area contributed by atoms with Crippen LogP contribution < -0.4 is 0 Å². The van der Waals surface area contributed by atoms with E-state index in [0.717, 1.165) is 31.0 Å². The average Bonchev–Trinajstić information content (AvgIpc) is 3.54. The number of rotatable bonds is 8. The molecular formula is C32H41N5O6S. The molecule has 0 amide bonds. The Morgan fingerprint density at radius 3 is 2.73 bits per heavy atom. The summed E-state index contributed by atoms with van der Waals surface area (Å²) in [5, 5.41) is 36.0. The fraction of sp³-hybridized carbons (Fsp3) is 0.594. The molecule has 0 spiro atoms. The van der Waals surface area contributed by atoms with Crippen LogP contribution in [-0.2, 0) is 14.3 Å². The number of esters is 1. The topological polar surface area (TPSA) is 150 Å². The second kappa shape index (κ2) is 11.8. The van der Waals surface area contributed by atoms with Crippen LogP contribution in [0.2, 0.25) is 0 Å². The standard InChI is InChI=1S/C32H41N5O6S/c1-7-30(5)16-25(31(6)19(2)12-14-32(20(3)28(30)40)15-13-24(38)27(31)32)43-26(39)18-44-29-35-34-21(4)36(29)33-17-22-10-8-9-11-23(22)37(41)42/h7-11,17,19-20,25,27-28,40H,1,12-16,18H2,2-6H3/b33-17+/t19-,20+,25-,27+,28+,30-,31+,32+/m1/s1. The molecule has 0 aliphatic heterocycles. The number of ether oxygens (including phenoxy) is 1. The molecule has 0 unspecified atom stereocenters. The zero-order chi connectivity index (χ0) is 32.0. The molecule has 1 heterocycles. The molecule has 1 N–H and O–H groups in total. The molecule has 3 aliphatic rings. The van der Waals surface area contributed by atoms with Gasteiger partial charge in [-0.1, -0.05) is 57.7 Å². The van der Waals surface area contributed by atoms with E-state index < -0.39 is 33.9 Å². The van der Waals surface area contributed by atoms with Crippen molar-refractivity contribution < 1.29 is 24.4 Å². The van der Waals surface area contributed by atoms with Crippen LogP contribution in [0, 0.1) is 51.0 Å². The zero-order valence-electron chi connectivity index (χ0n) is 25.9. The number of hydrogen-bond acceptors (Lipinski definition) is 10. The maximum absolute atomic E-state index is 13.6. The number of aliphatic hydroxyl groups is 1. The van der Waals surface area contributed by atoms with Gasteiger partial charge in [0.15, 0.2) is 5.82 Å². The predicted molar refractivity (Wildman–Crippen MR) is 166 cm³/mol. The number of ketones is 1. The summed E-state index contributed by atoms with van der Waals surface area (Å²) in [4.78, 5) is 38.1. The minimum atomic E-state index is -0.734. The number of hydrogen-bond donors (Lipinski definition) is 1. The molecule has 2 aromatic rings. The van der Waals surface area contributed by atoms with E-state index in [2.05, 4.69) is 42.6 Å². The third kappa shape index (κ3) is 5.19. The maximum Gasteiger partial charge on any atom is 0.316 e. The van der Waals surface area contributed by atoms with E-state index in [0.29, 0.717) is 29.4 Å². The Kier molecular flexibility index (Phi) is 8.62. The van der Waals surface area contributed by atoms with Crippen LogP contribution >= 0.6 is 11.8 Å². The van der Waals surface area contributed by atoms with Crippen LogP contribution in [0.1, 0.15) is 71.2 Å². The summed E-state index contributed by atoms with van der Waals surface area (Å²) in [6, 6.07) is 6.25. The fourth-order valence-electron chi connectivity index (χ4n) is 8.26. The molecule has 3 saturated carbocycles. The quantitative estimate of drug-likeness (QED) is 0.102. The van der Waals surface area contributed by atoms with E-state index >= 15 is 0 Å². The molecule has 3 fully saturated rings. The number of nitro groups is 1. The van der Waals surface area contributed by atoms with Crippen LogP contribution in [0.5, 0.6) is 0 Å². The molecule has 12 heteroatoms. The van der Waals surface area contributed by atoms with E-state index in [-0.39, 0.29) is 40.4 Å². The molecular weight excluding hydrogens is 582 g/mol. The Balaban J connectivity index is 1.40. The SMILES string of the molecule is C=C[C@]1(C)C[C@@H](OC(=O)CSc2nnc(C)n2/N=C/c2ccccc2[N+](=O)[O-])[C@]2(C)[C@H](C)CC[C@]3(CCC(=O)[C@H]32)[C@@H](C)[C@@H]1O. The van der Waals surface area contributed by atoms with Crippen molar-refractivity contribution in [3.63, 3.8) is 0 Å². The van der Waals surface area contributed by atoms with Gasteiger partial charge in [-0.3, -0.25) is 19.7 Å². The Labute approximate surface area is 261 Å². The van der Waals surface area contributed by atoms with E-state index in [4.69, 9.17) is 4.74 Å². The van der Waals surface area contributed by atoms with Gasteiger partial charge in [-0.25, -0.2) is 0 Å². The Bertz CT molecular complexity index is 1510. The number of aliphatic hydroxyl groups excluding tert-OH is 1. The Morgan fingerprint density at radius 2 is 2.02 bits per heavy atom. The molecule has 44 heavy (non-hydrogen) atoms. The highest BCUT2D eigenvalue weighted by Gasteiger charge is 2.68. The minimum absolute atomic E-state index is 0.0832.